The Morgan fingerprint density at radius 2 is 1.88 bits per heavy atom. The summed E-state index contributed by atoms with van der Waals surface area (Å²) in [5, 5.41) is 8.65. The number of aliphatic carboxylic acids is 1. The maximum absolute atomic E-state index is 10.5. The maximum atomic E-state index is 10.5. The third kappa shape index (κ3) is 4.87. The molecule has 0 bridgehead atoms. The monoisotopic (exact) mass is 237 g/mol. The number of carboxylic acids is 1. The highest BCUT2D eigenvalue weighted by atomic mass is 16.5. The summed E-state index contributed by atoms with van der Waals surface area (Å²) >= 11 is 0. The second kappa shape index (κ2) is 5.19. The van der Waals surface area contributed by atoms with Gasteiger partial charge in [-0.3, -0.25) is 4.79 Å². The summed E-state index contributed by atoms with van der Waals surface area (Å²) in [5.41, 5.74) is 6.31. The normalized spacial score (nSPS) is 13.2. The number of hydrogen-bond acceptors (Lipinski definition) is 3. The standard InChI is InChI=1S/C13H19NO3/c1-13(2,3)17-10-6-4-9(5-7-10)11(14)8-12(15)16/h4-7,11H,8,14H2,1-3H3,(H,15,16). The van der Waals surface area contributed by atoms with Crippen molar-refractivity contribution in [2.24, 2.45) is 5.73 Å². The lowest BCUT2D eigenvalue weighted by molar-refractivity contribution is -0.137. The van der Waals surface area contributed by atoms with E-state index < -0.39 is 12.0 Å². The Bertz CT molecular complexity index is 379. The molecule has 0 aliphatic heterocycles. The van der Waals surface area contributed by atoms with Crippen molar-refractivity contribution >= 4 is 5.97 Å². The summed E-state index contributed by atoms with van der Waals surface area (Å²) in [6.07, 6.45) is -0.0700. The van der Waals surface area contributed by atoms with Crippen molar-refractivity contribution in [1.82, 2.24) is 0 Å². The van der Waals surface area contributed by atoms with E-state index in [1.165, 1.54) is 0 Å². The second-order valence-electron chi connectivity index (χ2n) is 4.99. The molecule has 0 aliphatic rings. The Labute approximate surface area is 101 Å². The number of ether oxygens (including phenoxy) is 1. The van der Waals surface area contributed by atoms with Crippen LogP contribution < -0.4 is 10.5 Å². The van der Waals surface area contributed by atoms with Crippen LogP contribution in [0, 0.1) is 0 Å². The van der Waals surface area contributed by atoms with Crippen LogP contribution in [0.25, 0.3) is 0 Å². The molecule has 0 saturated carbocycles. The molecule has 0 saturated heterocycles. The largest absolute Gasteiger partial charge is 0.488 e. The van der Waals surface area contributed by atoms with Crippen LogP contribution in [0.1, 0.15) is 38.8 Å². The van der Waals surface area contributed by atoms with Crippen LogP contribution in [-0.4, -0.2) is 16.7 Å². The van der Waals surface area contributed by atoms with Crippen molar-refractivity contribution in [3.63, 3.8) is 0 Å². The Balaban J connectivity index is 2.71. The van der Waals surface area contributed by atoms with Gasteiger partial charge in [0.25, 0.3) is 0 Å². The third-order valence-electron chi connectivity index (χ3n) is 2.13. The second-order valence-corrected chi connectivity index (χ2v) is 4.99. The van der Waals surface area contributed by atoms with E-state index in [-0.39, 0.29) is 12.0 Å². The van der Waals surface area contributed by atoms with Gasteiger partial charge >= 0.3 is 5.97 Å². The third-order valence-corrected chi connectivity index (χ3v) is 2.13. The van der Waals surface area contributed by atoms with Crippen molar-refractivity contribution in [2.75, 3.05) is 0 Å². The first kappa shape index (κ1) is 13.5. The number of hydrogen-bond donors (Lipinski definition) is 2. The molecule has 94 valence electrons. The van der Waals surface area contributed by atoms with Crippen molar-refractivity contribution in [2.45, 2.75) is 38.8 Å². The Morgan fingerprint density at radius 3 is 2.29 bits per heavy atom. The predicted molar refractivity (Wildman–Crippen MR) is 66.0 cm³/mol. The molecule has 4 heteroatoms. The molecule has 0 aromatic heterocycles. The van der Waals surface area contributed by atoms with E-state index in [4.69, 9.17) is 15.6 Å². The molecule has 0 radical (unpaired) electrons. The maximum Gasteiger partial charge on any atom is 0.305 e. The van der Waals surface area contributed by atoms with Crippen LogP contribution >= 0.6 is 0 Å². The van der Waals surface area contributed by atoms with Crippen LogP contribution in [0.2, 0.25) is 0 Å². The summed E-state index contributed by atoms with van der Waals surface area (Å²) in [6.45, 7) is 5.91. The lowest BCUT2D eigenvalue weighted by Gasteiger charge is -2.21. The van der Waals surface area contributed by atoms with Crippen molar-refractivity contribution < 1.29 is 14.6 Å². The van der Waals surface area contributed by atoms with Crippen LogP contribution in [0.5, 0.6) is 5.75 Å². The van der Waals surface area contributed by atoms with Gasteiger partial charge in [0.05, 0.1) is 6.42 Å². The molecular weight excluding hydrogens is 218 g/mol. The fourth-order valence-corrected chi connectivity index (χ4v) is 1.44. The first-order chi connectivity index (χ1) is 7.78. The Kier molecular flexibility index (Phi) is 4.12. The molecule has 0 aliphatic carbocycles. The highest BCUT2D eigenvalue weighted by molar-refractivity contribution is 5.67. The quantitative estimate of drug-likeness (QED) is 0.843. The van der Waals surface area contributed by atoms with Gasteiger partial charge in [0.1, 0.15) is 11.4 Å². The average Bonchev–Trinajstić information content (AvgIpc) is 2.15. The lowest BCUT2D eigenvalue weighted by atomic mass is 10.0. The molecule has 3 N–H and O–H groups in total. The average molecular weight is 237 g/mol. The summed E-state index contributed by atoms with van der Waals surface area (Å²) in [5.74, 6) is -0.142. The number of benzene rings is 1. The topological polar surface area (TPSA) is 72.5 Å². The Morgan fingerprint density at radius 1 is 1.35 bits per heavy atom. The summed E-state index contributed by atoms with van der Waals surface area (Å²) in [6, 6.07) is 6.74. The molecule has 1 unspecified atom stereocenters. The van der Waals surface area contributed by atoms with Gasteiger partial charge in [0.2, 0.25) is 0 Å². The van der Waals surface area contributed by atoms with Gasteiger partial charge in [-0.05, 0) is 38.5 Å². The fraction of sp³-hybridized carbons (Fsp3) is 0.462. The zero-order chi connectivity index (χ0) is 13.1. The van der Waals surface area contributed by atoms with Crippen molar-refractivity contribution in [3.8, 4) is 5.75 Å². The number of rotatable bonds is 4. The minimum absolute atomic E-state index is 0.0700. The highest BCUT2D eigenvalue weighted by Crippen LogP contribution is 2.21. The summed E-state index contributed by atoms with van der Waals surface area (Å²) < 4.78 is 5.66. The van der Waals surface area contributed by atoms with E-state index in [1.54, 1.807) is 12.1 Å². The zero-order valence-corrected chi connectivity index (χ0v) is 10.4. The first-order valence-corrected chi connectivity index (χ1v) is 5.54. The number of carbonyl (C=O) groups is 1. The van der Waals surface area contributed by atoms with E-state index in [2.05, 4.69) is 0 Å². The van der Waals surface area contributed by atoms with Gasteiger partial charge in [-0.15, -0.1) is 0 Å². The SMILES string of the molecule is CC(C)(C)Oc1ccc(C(N)CC(=O)O)cc1. The van der Waals surface area contributed by atoms with E-state index >= 15 is 0 Å². The van der Waals surface area contributed by atoms with E-state index in [0.29, 0.717) is 0 Å². The smallest absolute Gasteiger partial charge is 0.305 e. The molecule has 1 atom stereocenters. The molecule has 4 nitrogen and oxygen atoms in total. The van der Waals surface area contributed by atoms with Gasteiger partial charge in [0.15, 0.2) is 0 Å². The minimum atomic E-state index is -0.896. The zero-order valence-electron chi connectivity index (χ0n) is 10.4. The lowest BCUT2D eigenvalue weighted by Crippen LogP contribution is -2.23. The van der Waals surface area contributed by atoms with Gasteiger partial charge in [-0.2, -0.15) is 0 Å². The molecule has 0 spiro atoms. The summed E-state index contributed by atoms with van der Waals surface area (Å²) in [4.78, 5) is 10.5. The van der Waals surface area contributed by atoms with Crippen molar-refractivity contribution in [3.05, 3.63) is 29.8 Å². The van der Waals surface area contributed by atoms with E-state index in [1.807, 2.05) is 32.9 Å². The molecule has 1 rings (SSSR count). The van der Waals surface area contributed by atoms with Gasteiger partial charge in [-0.1, -0.05) is 12.1 Å². The van der Waals surface area contributed by atoms with E-state index in [0.717, 1.165) is 11.3 Å². The first-order valence-electron chi connectivity index (χ1n) is 5.54. The van der Waals surface area contributed by atoms with Gasteiger partial charge < -0.3 is 15.6 Å². The van der Waals surface area contributed by atoms with Crippen LogP contribution in [-0.2, 0) is 4.79 Å². The van der Waals surface area contributed by atoms with Crippen LogP contribution in [0.4, 0.5) is 0 Å². The number of nitrogens with two attached hydrogens (primary N) is 1. The molecular formula is C13H19NO3. The number of carboxylic acid groups (broad SMARTS) is 1. The fourth-order valence-electron chi connectivity index (χ4n) is 1.44. The molecule has 0 amide bonds. The summed E-state index contributed by atoms with van der Waals surface area (Å²) in [7, 11) is 0. The van der Waals surface area contributed by atoms with Gasteiger partial charge in [0, 0.05) is 6.04 Å². The molecule has 1 aromatic carbocycles. The molecule has 17 heavy (non-hydrogen) atoms. The molecule has 1 aromatic rings. The predicted octanol–water partition coefficient (Wildman–Crippen LogP) is 2.34. The van der Waals surface area contributed by atoms with Gasteiger partial charge in [-0.25, -0.2) is 0 Å². The van der Waals surface area contributed by atoms with E-state index in [9.17, 15) is 4.79 Å². The Hall–Kier alpha value is -1.55. The van der Waals surface area contributed by atoms with Crippen LogP contribution in [0.3, 0.4) is 0 Å². The van der Waals surface area contributed by atoms with Crippen molar-refractivity contribution in [1.29, 1.82) is 0 Å². The minimum Gasteiger partial charge on any atom is -0.488 e. The molecule has 0 heterocycles. The highest BCUT2D eigenvalue weighted by Gasteiger charge is 2.13. The van der Waals surface area contributed by atoms with Crippen LogP contribution in [0.15, 0.2) is 24.3 Å². The molecule has 0 fully saturated rings.